The Morgan fingerprint density at radius 1 is 0.895 bits per heavy atom. The van der Waals surface area contributed by atoms with E-state index >= 15 is 0 Å². The van der Waals surface area contributed by atoms with Crippen LogP contribution in [0.2, 0.25) is 20.1 Å². The van der Waals surface area contributed by atoms with Crippen molar-refractivity contribution in [2.45, 2.75) is 6.61 Å². The Kier molecular flexibility index (Phi) is 4.69. The lowest BCUT2D eigenvalue weighted by Gasteiger charge is -2.11. The van der Waals surface area contributed by atoms with Gasteiger partial charge in [0.15, 0.2) is 5.75 Å². The average molecular weight is 337 g/mol. The zero-order valence-corrected chi connectivity index (χ0v) is 12.6. The first-order chi connectivity index (χ1) is 8.97. The molecular formula is C13H9Cl4NO. The van der Waals surface area contributed by atoms with Gasteiger partial charge in [0.25, 0.3) is 0 Å². The maximum atomic E-state index is 6.02. The van der Waals surface area contributed by atoms with E-state index in [-0.39, 0.29) is 6.61 Å². The first kappa shape index (κ1) is 14.6. The molecule has 0 amide bonds. The molecule has 0 saturated carbocycles. The summed E-state index contributed by atoms with van der Waals surface area (Å²) in [5.74, 6) is 0.390. The minimum absolute atomic E-state index is 0.280. The average Bonchev–Trinajstić information content (AvgIpc) is 2.32. The molecule has 2 rings (SSSR count). The number of halogens is 4. The van der Waals surface area contributed by atoms with Crippen LogP contribution in [0.15, 0.2) is 30.3 Å². The highest BCUT2D eigenvalue weighted by Crippen LogP contribution is 2.36. The van der Waals surface area contributed by atoms with Gasteiger partial charge in [0, 0.05) is 5.02 Å². The van der Waals surface area contributed by atoms with Crippen LogP contribution < -0.4 is 10.5 Å². The van der Waals surface area contributed by atoms with Crippen molar-refractivity contribution in [1.29, 1.82) is 0 Å². The normalized spacial score (nSPS) is 10.5. The second-order valence-electron chi connectivity index (χ2n) is 3.84. The second-order valence-corrected chi connectivity index (χ2v) is 5.50. The lowest BCUT2D eigenvalue weighted by atomic mass is 10.2. The number of anilines is 1. The summed E-state index contributed by atoms with van der Waals surface area (Å²) in [5.41, 5.74) is 7.07. The Morgan fingerprint density at radius 2 is 1.53 bits per heavy atom. The fourth-order valence-corrected chi connectivity index (χ4v) is 2.55. The Hall–Kier alpha value is -0.800. The molecule has 0 spiro atoms. The van der Waals surface area contributed by atoms with Crippen molar-refractivity contribution in [3.63, 3.8) is 0 Å². The molecule has 0 heterocycles. The molecule has 0 aliphatic heterocycles. The summed E-state index contributed by atoms with van der Waals surface area (Å²) < 4.78 is 5.58. The smallest absolute Gasteiger partial charge is 0.157 e. The van der Waals surface area contributed by atoms with E-state index in [1.807, 2.05) is 6.07 Å². The SMILES string of the molecule is Nc1cc(COc2c(Cl)cc(Cl)cc2Cl)ccc1Cl. The molecule has 2 aromatic carbocycles. The molecule has 0 aromatic heterocycles. The van der Waals surface area contributed by atoms with Gasteiger partial charge in [-0.15, -0.1) is 0 Å². The van der Waals surface area contributed by atoms with Gasteiger partial charge in [-0.1, -0.05) is 52.5 Å². The van der Waals surface area contributed by atoms with Crippen molar-refractivity contribution < 1.29 is 4.74 Å². The van der Waals surface area contributed by atoms with Gasteiger partial charge in [0.05, 0.1) is 20.8 Å². The first-order valence-electron chi connectivity index (χ1n) is 5.28. The van der Waals surface area contributed by atoms with Crippen molar-refractivity contribution in [3.8, 4) is 5.75 Å². The number of ether oxygens (including phenoxy) is 1. The molecule has 2 nitrogen and oxygen atoms in total. The van der Waals surface area contributed by atoms with Crippen LogP contribution >= 0.6 is 46.4 Å². The molecule has 19 heavy (non-hydrogen) atoms. The molecule has 0 unspecified atom stereocenters. The van der Waals surface area contributed by atoms with E-state index in [1.54, 1.807) is 24.3 Å². The van der Waals surface area contributed by atoms with Crippen LogP contribution in [0.5, 0.6) is 5.75 Å². The van der Waals surface area contributed by atoms with E-state index in [2.05, 4.69) is 0 Å². The van der Waals surface area contributed by atoms with E-state index in [0.29, 0.717) is 31.5 Å². The zero-order valence-electron chi connectivity index (χ0n) is 9.59. The van der Waals surface area contributed by atoms with Crippen LogP contribution in [0.3, 0.4) is 0 Å². The Morgan fingerprint density at radius 3 is 2.11 bits per heavy atom. The molecular weight excluding hydrogens is 328 g/mol. The molecule has 0 aliphatic rings. The first-order valence-corrected chi connectivity index (χ1v) is 6.80. The van der Waals surface area contributed by atoms with Gasteiger partial charge in [-0.05, 0) is 29.8 Å². The van der Waals surface area contributed by atoms with Gasteiger partial charge >= 0.3 is 0 Å². The maximum Gasteiger partial charge on any atom is 0.157 e. The topological polar surface area (TPSA) is 35.2 Å². The summed E-state index contributed by atoms with van der Waals surface area (Å²) in [4.78, 5) is 0. The Balaban J connectivity index is 2.16. The molecule has 2 N–H and O–H groups in total. The van der Waals surface area contributed by atoms with Gasteiger partial charge in [-0.2, -0.15) is 0 Å². The number of benzene rings is 2. The standard InChI is InChI=1S/C13H9Cl4NO/c14-8-4-10(16)13(11(17)5-8)19-6-7-1-2-9(15)12(18)3-7/h1-5H,6,18H2. The van der Waals surface area contributed by atoms with Crippen molar-refractivity contribution in [3.05, 3.63) is 56.0 Å². The zero-order chi connectivity index (χ0) is 14.0. The third-order valence-electron chi connectivity index (χ3n) is 2.41. The van der Waals surface area contributed by atoms with Gasteiger partial charge in [-0.3, -0.25) is 0 Å². The van der Waals surface area contributed by atoms with Crippen LogP contribution in [-0.2, 0) is 6.61 Å². The highest BCUT2D eigenvalue weighted by Gasteiger charge is 2.09. The molecule has 0 radical (unpaired) electrons. The van der Waals surface area contributed by atoms with E-state index in [9.17, 15) is 0 Å². The summed E-state index contributed by atoms with van der Waals surface area (Å²) in [5, 5.41) is 1.68. The summed E-state index contributed by atoms with van der Waals surface area (Å²) in [6.07, 6.45) is 0. The maximum absolute atomic E-state index is 6.02. The molecule has 0 bridgehead atoms. The Bertz CT molecular complexity index is 593. The molecule has 0 fully saturated rings. The summed E-state index contributed by atoms with van der Waals surface area (Å²) in [6, 6.07) is 8.40. The summed E-state index contributed by atoms with van der Waals surface area (Å²) in [7, 11) is 0. The van der Waals surface area contributed by atoms with E-state index in [4.69, 9.17) is 56.9 Å². The predicted molar refractivity (Wildman–Crippen MR) is 81.7 cm³/mol. The van der Waals surface area contributed by atoms with Crippen LogP contribution in [0.25, 0.3) is 0 Å². The van der Waals surface area contributed by atoms with E-state index in [0.717, 1.165) is 5.56 Å². The van der Waals surface area contributed by atoms with Gasteiger partial charge in [0.2, 0.25) is 0 Å². The monoisotopic (exact) mass is 335 g/mol. The fourth-order valence-electron chi connectivity index (χ4n) is 1.51. The summed E-state index contributed by atoms with van der Waals surface area (Å²) in [6.45, 7) is 0.280. The van der Waals surface area contributed by atoms with Crippen molar-refractivity contribution >= 4 is 52.1 Å². The lowest BCUT2D eigenvalue weighted by Crippen LogP contribution is -1.98. The van der Waals surface area contributed by atoms with Crippen LogP contribution in [0.4, 0.5) is 5.69 Å². The fraction of sp³-hybridized carbons (Fsp3) is 0.0769. The van der Waals surface area contributed by atoms with Crippen molar-refractivity contribution in [1.82, 2.24) is 0 Å². The van der Waals surface area contributed by atoms with Crippen LogP contribution in [-0.4, -0.2) is 0 Å². The van der Waals surface area contributed by atoms with Crippen LogP contribution in [0.1, 0.15) is 5.56 Å². The molecule has 0 saturated heterocycles. The number of nitrogens with two attached hydrogens (primary N) is 1. The lowest BCUT2D eigenvalue weighted by molar-refractivity contribution is 0.306. The number of hydrogen-bond acceptors (Lipinski definition) is 2. The quantitative estimate of drug-likeness (QED) is 0.755. The number of rotatable bonds is 3. The van der Waals surface area contributed by atoms with Gasteiger partial charge in [0.1, 0.15) is 6.61 Å². The van der Waals surface area contributed by atoms with Crippen molar-refractivity contribution in [2.24, 2.45) is 0 Å². The number of hydrogen-bond donors (Lipinski definition) is 1. The predicted octanol–water partition coefficient (Wildman–Crippen LogP) is 5.46. The van der Waals surface area contributed by atoms with E-state index in [1.165, 1.54) is 0 Å². The highest BCUT2D eigenvalue weighted by atomic mass is 35.5. The molecule has 2 aromatic rings. The second kappa shape index (κ2) is 6.10. The van der Waals surface area contributed by atoms with Gasteiger partial charge < -0.3 is 10.5 Å². The van der Waals surface area contributed by atoms with E-state index < -0.39 is 0 Å². The van der Waals surface area contributed by atoms with Crippen molar-refractivity contribution in [2.75, 3.05) is 5.73 Å². The Labute approximate surface area is 131 Å². The number of nitrogen functional groups attached to an aromatic ring is 1. The largest absolute Gasteiger partial charge is 0.486 e. The minimum atomic E-state index is 0.280. The highest BCUT2D eigenvalue weighted by molar-refractivity contribution is 6.40. The summed E-state index contributed by atoms with van der Waals surface area (Å²) >= 11 is 23.7. The molecule has 6 heteroatoms. The van der Waals surface area contributed by atoms with Gasteiger partial charge in [-0.25, -0.2) is 0 Å². The third kappa shape index (κ3) is 3.61. The molecule has 0 aliphatic carbocycles. The molecule has 100 valence electrons. The third-order valence-corrected chi connectivity index (χ3v) is 3.53. The minimum Gasteiger partial charge on any atom is -0.486 e. The molecule has 0 atom stereocenters. The van der Waals surface area contributed by atoms with Crippen LogP contribution in [0, 0.1) is 0 Å².